The van der Waals surface area contributed by atoms with E-state index in [-0.39, 0.29) is 24.7 Å². The third kappa shape index (κ3) is 4.60. The smallest absolute Gasteiger partial charge is 0.322 e. The maximum absolute atomic E-state index is 12.3. The van der Waals surface area contributed by atoms with Crippen LogP contribution < -0.4 is 16.0 Å². The van der Waals surface area contributed by atoms with Crippen LogP contribution in [0.2, 0.25) is 0 Å². The summed E-state index contributed by atoms with van der Waals surface area (Å²) in [4.78, 5) is 37.5. The van der Waals surface area contributed by atoms with Gasteiger partial charge in [0.1, 0.15) is 6.04 Å². The lowest BCUT2D eigenvalue weighted by molar-refractivity contribution is -0.123. The quantitative estimate of drug-likeness (QED) is 0.665. The molecule has 2 aliphatic heterocycles. The number of hydrogen-bond acceptors (Lipinski definition) is 5. The Morgan fingerprint density at radius 1 is 1.38 bits per heavy atom. The molecule has 2 aliphatic rings. The Morgan fingerprint density at radius 3 is 3.04 bits per heavy atom. The second-order valence-electron chi connectivity index (χ2n) is 6.81. The number of imide groups is 1. The number of fused-ring (bicyclic) bond motifs is 1. The lowest BCUT2D eigenvalue weighted by Gasteiger charge is -2.27. The molecule has 0 spiro atoms. The van der Waals surface area contributed by atoms with Crippen LogP contribution >= 0.6 is 0 Å². The lowest BCUT2D eigenvalue weighted by atomic mass is 10.1. The molecule has 0 bridgehead atoms. The molecule has 1 aromatic rings. The van der Waals surface area contributed by atoms with Gasteiger partial charge in [-0.05, 0) is 25.5 Å². The summed E-state index contributed by atoms with van der Waals surface area (Å²) >= 11 is 0. The predicted octanol–water partition coefficient (Wildman–Crippen LogP) is 0.103. The summed E-state index contributed by atoms with van der Waals surface area (Å²) in [5.74, 6) is -0.669. The van der Waals surface area contributed by atoms with Gasteiger partial charge < -0.3 is 10.6 Å². The summed E-state index contributed by atoms with van der Waals surface area (Å²) in [5, 5.41) is 12.0. The van der Waals surface area contributed by atoms with Gasteiger partial charge in [0.15, 0.2) is 0 Å². The van der Waals surface area contributed by atoms with Gasteiger partial charge >= 0.3 is 6.03 Å². The van der Waals surface area contributed by atoms with Crippen LogP contribution in [0.25, 0.3) is 0 Å². The molecule has 9 heteroatoms. The summed E-state index contributed by atoms with van der Waals surface area (Å²) in [6.07, 6.45) is 2.81. The van der Waals surface area contributed by atoms with Crippen LogP contribution in [-0.2, 0) is 29.2 Å². The molecule has 0 unspecified atom stereocenters. The Morgan fingerprint density at radius 2 is 2.23 bits per heavy atom. The predicted molar refractivity (Wildman–Crippen MR) is 94.0 cm³/mol. The Bertz CT molecular complexity index is 686. The molecule has 3 N–H and O–H groups in total. The SMILES string of the molecule is CCCCN1CCn2nc(CNC(=O)[C@@H]3CCC(=O)NC(=O)N3)cc2C1. The first-order valence-corrected chi connectivity index (χ1v) is 9.21. The minimum atomic E-state index is -0.705. The molecule has 26 heavy (non-hydrogen) atoms. The maximum atomic E-state index is 12.3. The van der Waals surface area contributed by atoms with Gasteiger partial charge in [-0.2, -0.15) is 5.10 Å². The van der Waals surface area contributed by atoms with Gasteiger partial charge in [0.2, 0.25) is 11.8 Å². The topological polar surface area (TPSA) is 108 Å². The van der Waals surface area contributed by atoms with Gasteiger partial charge in [0.25, 0.3) is 0 Å². The largest absolute Gasteiger partial charge is 0.349 e. The van der Waals surface area contributed by atoms with E-state index in [9.17, 15) is 14.4 Å². The fourth-order valence-corrected chi connectivity index (χ4v) is 3.27. The van der Waals surface area contributed by atoms with E-state index < -0.39 is 12.1 Å². The van der Waals surface area contributed by atoms with Crippen molar-refractivity contribution in [1.82, 2.24) is 30.6 Å². The normalized spacial score (nSPS) is 20.7. The first-order valence-electron chi connectivity index (χ1n) is 9.21. The van der Waals surface area contributed by atoms with Crippen molar-refractivity contribution in [2.24, 2.45) is 0 Å². The van der Waals surface area contributed by atoms with Crippen molar-refractivity contribution in [2.45, 2.75) is 58.3 Å². The molecule has 1 saturated heterocycles. The van der Waals surface area contributed by atoms with Crippen LogP contribution in [0.4, 0.5) is 4.79 Å². The Hall–Kier alpha value is -2.42. The molecule has 0 saturated carbocycles. The first-order chi connectivity index (χ1) is 12.5. The summed E-state index contributed by atoms with van der Waals surface area (Å²) in [5.41, 5.74) is 1.97. The van der Waals surface area contributed by atoms with E-state index in [4.69, 9.17) is 0 Å². The fraction of sp³-hybridized carbons (Fsp3) is 0.647. The molecule has 0 radical (unpaired) electrons. The minimum absolute atomic E-state index is 0.142. The summed E-state index contributed by atoms with van der Waals surface area (Å²) < 4.78 is 2.00. The number of carbonyl (C=O) groups is 3. The van der Waals surface area contributed by atoms with Crippen molar-refractivity contribution in [3.8, 4) is 0 Å². The summed E-state index contributed by atoms with van der Waals surface area (Å²) in [7, 11) is 0. The molecule has 1 atom stereocenters. The molecule has 0 aliphatic carbocycles. The number of unbranched alkanes of at least 4 members (excludes halogenated alkanes) is 1. The van der Waals surface area contributed by atoms with Crippen LogP contribution in [-0.4, -0.2) is 51.7 Å². The van der Waals surface area contributed by atoms with Crippen LogP contribution in [0.3, 0.4) is 0 Å². The Balaban J connectivity index is 1.52. The van der Waals surface area contributed by atoms with E-state index in [2.05, 4.69) is 32.9 Å². The molecule has 4 amide bonds. The molecule has 0 aromatic carbocycles. The van der Waals surface area contributed by atoms with Gasteiger partial charge in [-0.3, -0.25) is 24.5 Å². The highest BCUT2D eigenvalue weighted by atomic mass is 16.2. The maximum Gasteiger partial charge on any atom is 0.322 e. The zero-order valence-electron chi connectivity index (χ0n) is 15.1. The Labute approximate surface area is 152 Å². The third-order valence-electron chi connectivity index (χ3n) is 4.73. The number of nitrogens with zero attached hydrogens (tertiary/aromatic N) is 3. The number of rotatable bonds is 6. The lowest BCUT2D eigenvalue weighted by Crippen LogP contribution is -2.48. The Kier molecular flexibility index (Phi) is 5.87. The molecule has 9 nitrogen and oxygen atoms in total. The minimum Gasteiger partial charge on any atom is -0.349 e. The molecule has 3 rings (SSSR count). The van der Waals surface area contributed by atoms with E-state index in [1.165, 1.54) is 12.8 Å². The molecule has 1 fully saturated rings. The van der Waals surface area contributed by atoms with Crippen molar-refractivity contribution in [2.75, 3.05) is 13.1 Å². The van der Waals surface area contributed by atoms with E-state index in [1.807, 2.05) is 10.7 Å². The molecule has 1 aromatic heterocycles. The van der Waals surface area contributed by atoms with E-state index in [0.29, 0.717) is 6.54 Å². The third-order valence-corrected chi connectivity index (χ3v) is 4.73. The van der Waals surface area contributed by atoms with Crippen molar-refractivity contribution >= 4 is 17.8 Å². The number of urea groups is 1. The highest BCUT2D eigenvalue weighted by Crippen LogP contribution is 2.14. The van der Waals surface area contributed by atoms with Gasteiger partial charge in [0, 0.05) is 19.5 Å². The van der Waals surface area contributed by atoms with Crippen molar-refractivity contribution < 1.29 is 14.4 Å². The van der Waals surface area contributed by atoms with Gasteiger partial charge in [-0.1, -0.05) is 13.3 Å². The monoisotopic (exact) mass is 362 g/mol. The summed E-state index contributed by atoms with van der Waals surface area (Å²) in [6, 6.07) is 0.690. The fourth-order valence-electron chi connectivity index (χ4n) is 3.27. The number of aromatic nitrogens is 2. The first kappa shape index (κ1) is 18.4. The highest BCUT2D eigenvalue weighted by Gasteiger charge is 2.26. The van der Waals surface area contributed by atoms with E-state index >= 15 is 0 Å². The van der Waals surface area contributed by atoms with Gasteiger partial charge in [0.05, 0.1) is 24.5 Å². The van der Waals surface area contributed by atoms with Crippen LogP contribution in [0, 0.1) is 0 Å². The van der Waals surface area contributed by atoms with Crippen LogP contribution in [0.1, 0.15) is 44.0 Å². The van der Waals surface area contributed by atoms with Crippen molar-refractivity contribution in [3.05, 3.63) is 17.5 Å². The molecular formula is C17H26N6O3. The zero-order valence-corrected chi connectivity index (χ0v) is 15.1. The standard InChI is InChI=1S/C17H26N6O3/c1-2-3-6-22-7-8-23-13(11-22)9-12(21-23)10-18-16(25)14-4-5-15(24)20-17(26)19-14/h9,14H,2-8,10-11H2,1H3,(H,18,25)(H2,19,20,24,26)/t14-/m0/s1. The van der Waals surface area contributed by atoms with Gasteiger partial charge in [-0.15, -0.1) is 0 Å². The number of nitrogens with one attached hydrogen (secondary N) is 3. The average molecular weight is 362 g/mol. The van der Waals surface area contributed by atoms with Gasteiger partial charge in [-0.25, -0.2) is 4.79 Å². The number of amides is 4. The number of carbonyl (C=O) groups excluding carboxylic acids is 3. The van der Waals surface area contributed by atoms with Crippen LogP contribution in [0.15, 0.2) is 6.07 Å². The van der Waals surface area contributed by atoms with E-state index in [0.717, 1.165) is 37.6 Å². The summed E-state index contributed by atoms with van der Waals surface area (Å²) in [6.45, 7) is 6.34. The molecule has 3 heterocycles. The number of hydrogen-bond donors (Lipinski definition) is 3. The zero-order chi connectivity index (χ0) is 18.5. The van der Waals surface area contributed by atoms with Crippen LogP contribution in [0.5, 0.6) is 0 Å². The molecular weight excluding hydrogens is 336 g/mol. The van der Waals surface area contributed by atoms with E-state index in [1.54, 1.807) is 0 Å². The molecule has 142 valence electrons. The second kappa shape index (κ2) is 8.31. The van der Waals surface area contributed by atoms with Crippen molar-refractivity contribution in [3.63, 3.8) is 0 Å². The second-order valence-corrected chi connectivity index (χ2v) is 6.81. The van der Waals surface area contributed by atoms with Crippen molar-refractivity contribution in [1.29, 1.82) is 0 Å². The highest BCUT2D eigenvalue weighted by molar-refractivity contribution is 5.98. The average Bonchev–Trinajstić information content (AvgIpc) is 2.94.